The molecule has 0 aliphatic heterocycles. The Morgan fingerprint density at radius 2 is 2.06 bits per heavy atom. The van der Waals surface area contributed by atoms with Gasteiger partial charge in [0.15, 0.2) is 0 Å². The summed E-state index contributed by atoms with van der Waals surface area (Å²) in [6.07, 6.45) is 0. The molecule has 1 aromatic rings. The SMILES string of the molecule is COCCNCc1cc(OC)ccc1OCCO. The number of hydrogen-bond donors (Lipinski definition) is 2. The van der Waals surface area contributed by atoms with Crippen LogP contribution < -0.4 is 14.8 Å². The highest BCUT2D eigenvalue weighted by molar-refractivity contribution is 5.40. The largest absolute Gasteiger partial charge is 0.497 e. The molecule has 0 heterocycles. The number of nitrogens with one attached hydrogen (secondary N) is 1. The highest BCUT2D eigenvalue weighted by Crippen LogP contribution is 2.24. The van der Waals surface area contributed by atoms with Crippen LogP contribution in [-0.2, 0) is 11.3 Å². The van der Waals surface area contributed by atoms with Crippen LogP contribution in [0.2, 0.25) is 0 Å². The van der Waals surface area contributed by atoms with Crippen LogP contribution in [0.25, 0.3) is 0 Å². The molecule has 5 heteroatoms. The zero-order valence-corrected chi connectivity index (χ0v) is 10.9. The summed E-state index contributed by atoms with van der Waals surface area (Å²) in [7, 11) is 3.30. The Bertz CT molecular complexity index is 344. The number of hydrogen-bond acceptors (Lipinski definition) is 5. The maximum Gasteiger partial charge on any atom is 0.124 e. The standard InChI is InChI=1S/C13H21NO4/c1-16-7-5-14-10-11-9-12(17-2)3-4-13(11)18-8-6-15/h3-4,9,14-15H,5-8,10H2,1-2H3. The second kappa shape index (κ2) is 8.74. The van der Waals surface area contributed by atoms with Gasteiger partial charge in [-0.3, -0.25) is 0 Å². The Hall–Kier alpha value is -1.30. The van der Waals surface area contributed by atoms with Gasteiger partial charge in [0.25, 0.3) is 0 Å². The Morgan fingerprint density at radius 3 is 2.72 bits per heavy atom. The van der Waals surface area contributed by atoms with Crippen LogP contribution >= 0.6 is 0 Å². The van der Waals surface area contributed by atoms with Gasteiger partial charge < -0.3 is 24.6 Å². The molecule has 5 nitrogen and oxygen atoms in total. The third-order valence-corrected chi connectivity index (χ3v) is 2.41. The summed E-state index contributed by atoms with van der Waals surface area (Å²) in [5, 5.41) is 12.0. The van der Waals surface area contributed by atoms with Crippen LogP contribution in [0.4, 0.5) is 0 Å². The van der Waals surface area contributed by atoms with Gasteiger partial charge in [-0.15, -0.1) is 0 Å². The fourth-order valence-corrected chi connectivity index (χ4v) is 1.51. The molecule has 18 heavy (non-hydrogen) atoms. The van der Waals surface area contributed by atoms with E-state index in [4.69, 9.17) is 19.3 Å². The molecule has 0 spiro atoms. The lowest BCUT2D eigenvalue weighted by atomic mass is 10.2. The van der Waals surface area contributed by atoms with E-state index in [1.54, 1.807) is 14.2 Å². The average Bonchev–Trinajstić information content (AvgIpc) is 2.42. The Balaban J connectivity index is 2.63. The van der Waals surface area contributed by atoms with Gasteiger partial charge in [-0.1, -0.05) is 0 Å². The monoisotopic (exact) mass is 255 g/mol. The molecule has 0 saturated carbocycles. The van der Waals surface area contributed by atoms with Gasteiger partial charge >= 0.3 is 0 Å². The smallest absolute Gasteiger partial charge is 0.124 e. The first-order valence-electron chi connectivity index (χ1n) is 5.92. The van der Waals surface area contributed by atoms with Gasteiger partial charge in [-0.25, -0.2) is 0 Å². The summed E-state index contributed by atoms with van der Waals surface area (Å²) in [5.74, 6) is 1.55. The maximum atomic E-state index is 8.78. The molecule has 0 radical (unpaired) electrons. The van der Waals surface area contributed by atoms with Crippen molar-refractivity contribution in [2.75, 3.05) is 40.6 Å². The molecule has 0 saturated heterocycles. The molecule has 1 aromatic carbocycles. The average molecular weight is 255 g/mol. The van der Waals surface area contributed by atoms with Crippen molar-refractivity contribution < 1.29 is 19.3 Å². The van der Waals surface area contributed by atoms with Crippen molar-refractivity contribution in [3.8, 4) is 11.5 Å². The van der Waals surface area contributed by atoms with E-state index >= 15 is 0 Å². The van der Waals surface area contributed by atoms with Crippen LogP contribution in [0.3, 0.4) is 0 Å². The van der Waals surface area contributed by atoms with Gasteiger partial charge in [-0.05, 0) is 18.2 Å². The molecule has 0 aromatic heterocycles. The Kier molecular flexibility index (Phi) is 7.17. The van der Waals surface area contributed by atoms with Gasteiger partial charge in [0.1, 0.15) is 18.1 Å². The van der Waals surface area contributed by atoms with Crippen LogP contribution in [0.1, 0.15) is 5.56 Å². The summed E-state index contributed by atoms with van der Waals surface area (Å²) in [6, 6.07) is 5.61. The number of aliphatic hydroxyl groups excluding tert-OH is 1. The summed E-state index contributed by atoms with van der Waals surface area (Å²) < 4.78 is 15.6. The summed E-state index contributed by atoms with van der Waals surface area (Å²) in [4.78, 5) is 0. The van der Waals surface area contributed by atoms with Crippen molar-refractivity contribution in [2.45, 2.75) is 6.54 Å². The van der Waals surface area contributed by atoms with E-state index in [9.17, 15) is 0 Å². The topological polar surface area (TPSA) is 60.0 Å². The zero-order chi connectivity index (χ0) is 13.2. The van der Waals surface area contributed by atoms with E-state index in [0.717, 1.165) is 23.6 Å². The first kappa shape index (κ1) is 14.8. The van der Waals surface area contributed by atoms with E-state index in [-0.39, 0.29) is 13.2 Å². The Morgan fingerprint density at radius 1 is 1.22 bits per heavy atom. The van der Waals surface area contributed by atoms with Crippen LogP contribution in [-0.4, -0.2) is 45.7 Å². The fraction of sp³-hybridized carbons (Fsp3) is 0.538. The molecule has 0 atom stereocenters. The highest BCUT2D eigenvalue weighted by atomic mass is 16.5. The molecule has 102 valence electrons. The summed E-state index contributed by atoms with van der Waals surface area (Å²) >= 11 is 0. The second-order valence-electron chi connectivity index (χ2n) is 3.72. The predicted molar refractivity (Wildman–Crippen MR) is 69.2 cm³/mol. The third-order valence-electron chi connectivity index (χ3n) is 2.41. The van der Waals surface area contributed by atoms with Crippen molar-refractivity contribution in [1.82, 2.24) is 5.32 Å². The van der Waals surface area contributed by atoms with Gasteiger partial charge in [0.05, 0.1) is 20.3 Å². The lowest BCUT2D eigenvalue weighted by molar-refractivity contribution is 0.196. The predicted octanol–water partition coefficient (Wildman–Crippen LogP) is 0.802. The lowest BCUT2D eigenvalue weighted by Crippen LogP contribution is -2.19. The van der Waals surface area contributed by atoms with E-state index in [0.29, 0.717) is 13.2 Å². The van der Waals surface area contributed by atoms with Gasteiger partial charge in [0.2, 0.25) is 0 Å². The molecular weight excluding hydrogens is 234 g/mol. The first-order valence-corrected chi connectivity index (χ1v) is 5.92. The number of rotatable bonds is 9. The number of ether oxygens (including phenoxy) is 3. The molecule has 0 unspecified atom stereocenters. The minimum absolute atomic E-state index is 0.00255. The van der Waals surface area contributed by atoms with Crippen LogP contribution in [0.5, 0.6) is 11.5 Å². The molecular formula is C13H21NO4. The lowest BCUT2D eigenvalue weighted by Gasteiger charge is -2.13. The molecule has 0 aliphatic rings. The van der Waals surface area contributed by atoms with Gasteiger partial charge in [0, 0.05) is 25.8 Å². The molecule has 0 bridgehead atoms. The van der Waals surface area contributed by atoms with Crippen molar-refractivity contribution in [3.05, 3.63) is 23.8 Å². The second-order valence-corrected chi connectivity index (χ2v) is 3.72. The van der Waals surface area contributed by atoms with Crippen LogP contribution in [0.15, 0.2) is 18.2 Å². The van der Waals surface area contributed by atoms with Crippen molar-refractivity contribution in [1.29, 1.82) is 0 Å². The number of benzene rings is 1. The number of methoxy groups -OCH3 is 2. The molecule has 1 rings (SSSR count). The van der Waals surface area contributed by atoms with E-state index in [1.165, 1.54) is 0 Å². The summed E-state index contributed by atoms with van der Waals surface area (Å²) in [5.41, 5.74) is 0.999. The van der Waals surface area contributed by atoms with Crippen molar-refractivity contribution >= 4 is 0 Å². The molecule has 2 N–H and O–H groups in total. The quantitative estimate of drug-likeness (QED) is 0.639. The maximum absolute atomic E-state index is 8.78. The van der Waals surface area contributed by atoms with Crippen LogP contribution in [0, 0.1) is 0 Å². The normalized spacial score (nSPS) is 10.4. The molecule has 0 aliphatic carbocycles. The van der Waals surface area contributed by atoms with Crippen molar-refractivity contribution in [2.24, 2.45) is 0 Å². The summed E-state index contributed by atoms with van der Waals surface area (Å²) in [6.45, 7) is 2.39. The van der Waals surface area contributed by atoms with Gasteiger partial charge in [-0.2, -0.15) is 0 Å². The minimum Gasteiger partial charge on any atom is -0.497 e. The van der Waals surface area contributed by atoms with E-state index in [2.05, 4.69) is 5.32 Å². The zero-order valence-electron chi connectivity index (χ0n) is 10.9. The number of aliphatic hydroxyl groups is 1. The molecule has 0 amide bonds. The van der Waals surface area contributed by atoms with E-state index < -0.39 is 0 Å². The highest BCUT2D eigenvalue weighted by Gasteiger charge is 2.05. The third kappa shape index (κ3) is 4.91. The van der Waals surface area contributed by atoms with Crippen molar-refractivity contribution in [3.63, 3.8) is 0 Å². The molecule has 0 fully saturated rings. The fourth-order valence-electron chi connectivity index (χ4n) is 1.51. The van der Waals surface area contributed by atoms with E-state index in [1.807, 2.05) is 18.2 Å². The first-order chi connectivity index (χ1) is 8.81. The Labute approximate surface area is 108 Å². The minimum atomic E-state index is 0.00255.